The van der Waals surface area contributed by atoms with Gasteiger partial charge in [0.1, 0.15) is 5.75 Å². The summed E-state index contributed by atoms with van der Waals surface area (Å²) < 4.78 is 39.9. The Morgan fingerprint density at radius 3 is 1.66 bits per heavy atom. The molecule has 1 aromatic carbocycles. The molecule has 0 bridgehead atoms. The zero-order valence-electron chi connectivity index (χ0n) is 19.0. The summed E-state index contributed by atoms with van der Waals surface area (Å²) in [5.41, 5.74) is 2.10. The molecule has 4 nitrogen and oxygen atoms in total. The molecule has 1 rings (SSSR count). The molecule has 0 aliphatic carbocycles. The van der Waals surface area contributed by atoms with Gasteiger partial charge in [0.05, 0.1) is 0 Å². The Morgan fingerprint density at radius 1 is 0.828 bits per heavy atom. The lowest BCUT2D eigenvalue weighted by Crippen LogP contribution is -2.41. The summed E-state index contributed by atoms with van der Waals surface area (Å²) >= 11 is 0. The number of rotatable bonds is 16. The van der Waals surface area contributed by atoms with Crippen LogP contribution in [-0.2, 0) is 23.0 Å². The minimum atomic E-state index is -4.33. The van der Waals surface area contributed by atoms with Crippen molar-refractivity contribution in [2.75, 3.05) is 0 Å². The van der Waals surface area contributed by atoms with Gasteiger partial charge in [-0.25, -0.2) is 0 Å². The van der Waals surface area contributed by atoms with Gasteiger partial charge in [-0.3, -0.25) is 4.55 Å². The molecule has 168 valence electrons. The summed E-state index contributed by atoms with van der Waals surface area (Å²) in [7, 11) is -4.33. The van der Waals surface area contributed by atoms with Crippen LogP contribution in [0.5, 0.6) is 5.75 Å². The van der Waals surface area contributed by atoms with Gasteiger partial charge in [0.15, 0.2) is 0 Å². The van der Waals surface area contributed by atoms with Gasteiger partial charge in [-0.2, -0.15) is 8.42 Å². The van der Waals surface area contributed by atoms with E-state index in [0.29, 0.717) is 5.75 Å². The van der Waals surface area contributed by atoms with Gasteiger partial charge in [0.2, 0.25) is 4.93 Å². The first-order valence-corrected chi connectivity index (χ1v) is 13.0. The minimum Gasteiger partial charge on any atom is -0.469 e. The largest absolute Gasteiger partial charge is 0.469 e. The second-order valence-electron chi connectivity index (χ2n) is 8.30. The molecule has 0 radical (unpaired) electrons. The van der Waals surface area contributed by atoms with Gasteiger partial charge >= 0.3 is 10.1 Å². The third kappa shape index (κ3) is 8.67. The van der Waals surface area contributed by atoms with Crippen LogP contribution in [0.2, 0.25) is 0 Å². The lowest BCUT2D eigenvalue weighted by atomic mass is 9.98. The molecule has 0 spiro atoms. The van der Waals surface area contributed by atoms with E-state index in [1.807, 2.05) is 18.2 Å². The highest BCUT2D eigenvalue weighted by molar-refractivity contribution is 7.87. The number of unbranched alkanes of at least 4 members (excludes halogenated alkanes) is 8. The SMILES string of the molecule is CCCCCCCc1cccc(CCCCCCC)c1OC(C)(CC)S(=O)(=O)O. The van der Waals surface area contributed by atoms with Crippen molar-refractivity contribution >= 4 is 10.1 Å². The van der Waals surface area contributed by atoms with Crippen LogP contribution < -0.4 is 4.74 Å². The molecule has 1 unspecified atom stereocenters. The van der Waals surface area contributed by atoms with E-state index in [-0.39, 0.29) is 6.42 Å². The maximum absolute atomic E-state index is 12.0. The second kappa shape index (κ2) is 13.3. The fraction of sp³-hybridized carbons (Fsp3) is 0.750. The summed E-state index contributed by atoms with van der Waals surface area (Å²) in [5, 5.41) is 0. The number of benzene rings is 1. The van der Waals surface area contributed by atoms with Gasteiger partial charge < -0.3 is 4.74 Å². The van der Waals surface area contributed by atoms with Gasteiger partial charge in [0, 0.05) is 6.42 Å². The summed E-state index contributed by atoms with van der Waals surface area (Å²) in [6.07, 6.45) is 13.7. The predicted octanol–water partition coefficient (Wildman–Crippen LogP) is 7.11. The number of para-hydroxylation sites is 1. The molecule has 0 heterocycles. The molecule has 0 amide bonds. The quantitative estimate of drug-likeness (QED) is 0.226. The molecule has 5 heteroatoms. The molecule has 0 saturated carbocycles. The van der Waals surface area contributed by atoms with Crippen molar-refractivity contribution in [3.8, 4) is 5.75 Å². The predicted molar refractivity (Wildman–Crippen MR) is 122 cm³/mol. The lowest BCUT2D eigenvalue weighted by molar-refractivity contribution is 0.151. The summed E-state index contributed by atoms with van der Waals surface area (Å²) in [5.74, 6) is 0.667. The normalized spacial score (nSPS) is 14.0. The monoisotopic (exact) mass is 426 g/mol. The summed E-state index contributed by atoms with van der Waals surface area (Å²) in [4.78, 5) is -1.62. The smallest absolute Gasteiger partial charge is 0.306 e. The van der Waals surface area contributed by atoms with Crippen molar-refractivity contribution in [1.29, 1.82) is 0 Å². The van der Waals surface area contributed by atoms with Crippen LogP contribution in [0.25, 0.3) is 0 Å². The second-order valence-corrected chi connectivity index (χ2v) is 10.1. The first-order valence-electron chi connectivity index (χ1n) is 11.6. The molecular formula is C24H42O4S. The van der Waals surface area contributed by atoms with E-state index >= 15 is 0 Å². The third-order valence-corrected chi connectivity index (χ3v) is 7.25. The standard InChI is InChI=1S/C24H42O4S/c1-5-8-10-12-14-17-21-19-16-20-22(18-15-13-11-9-6-2)23(21)28-24(4,7-3)29(25,26)27/h16,19-20H,5-15,17-18H2,1-4H3,(H,25,26,27). The van der Waals surface area contributed by atoms with E-state index in [0.717, 1.165) is 49.7 Å². The van der Waals surface area contributed by atoms with Crippen LogP contribution in [0.4, 0.5) is 0 Å². The molecule has 29 heavy (non-hydrogen) atoms. The van der Waals surface area contributed by atoms with Crippen LogP contribution in [0.3, 0.4) is 0 Å². The zero-order chi connectivity index (χ0) is 21.8. The lowest BCUT2D eigenvalue weighted by Gasteiger charge is -2.29. The number of hydrogen-bond acceptors (Lipinski definition) is 3. The first kappa shape index (κ1) is 26.0. The highest BCUT2D eigenvalue weighted by Crippen LogP contribution is 2.34. The van der Waals surface area contributed by atoms with Crippen molar-refractivity contribution < 1.29 is 17.7 Å². The Bertz CT molecular complexity index is 652. The Morgan fingerprint density at radius 2 is 1.28 bits per heavy atom. The highest BCUT2D eigenvalue weighted by Gasteiger charge is 2.39. The molecule has 0 aliphatic heterocycles. The van der Waals surface area contributed by atoms with Crippen LogP contribution in [0, 0.1) is 0 Å². The van der Waals surface area contributed by atoms with E-state index in [9.17, 15) is 13.0 Å². The van der Waals surface area contributed by atoms with Crippen molar-refractivity contribution in [2.24, 2.45) is 0 Å². The molecule has 0 fully saturated rings. The van der Waals surface area contributed by atoms with Gasteiger partial charge in [-0.1, -0.05) is 90.3 Å². The van der Waals surface area contributed by atoms with E-state index in [1.165, 1.54) is 45.4 Å². The first-order chi connectivity index (χ1) is 13.8. The molecule has 1 N–H and O–H groups in total. The Kier molecular flexibility index (Phi) is 11.9. The number of ether oxygens (including phenoxy) is 1. The fourth-order valence-corrected chi connectivity index (χ4v) is 4.08. The van der Waals surface area contributed by atoms with Crippen molar-refractivity contribution in [3.63, 3.8) is 0 Å². The maximum atomic E-state index is 12.0. The maximum Gasteiger partial charge on any atom is 0.306 e. The van der Waals surface area contributed by atoms with Crippen LogP contribution >= 0.6 is 0 Å². The molecule has 0 aliphatic rings. The number of hydrogen-bond donors (Lipinski definition) is 1. The summed E-state index contributed by atoms with van der Waals surface area (Å²) in [6.45, 7) is 7.60. The Hall–Kier alpha value is -1.07. The summed E-state index contributed by atoms with van der Waals surface area (Å²) in [6, 6.07) is 6.12. The molecule has 1 aromatic rings. The van der Waals surface area contributed by atoms with E-state index in [2.05, 4.69) is 13.8 Å². The van der Waals surface area contributed by atoms with E-state index in [1.54, 1.807) is 6.92 Å². The Labute approximate surface area is 179 Å². The number of aryl methyl sites for hydroxylation is 2. The van der Waals surface area contributed by atoms with E-state index < -0.39 is 15.1 Å². The molecular weight excluding hydrogens is 384 g/mol. The molecule has 0 aromatic heterocycles. The van der Waals surface area contributed by atoms with Crippen molar-refractivity contribution in [3.05, 3.63) is 29.3 Å². The Balaban J connectivity index is 3.02. The topological polar surface area (TPSA) is 63.6 Å². The van der Waals surface area contributed by atoms with Crippen molar-refractivity contribution in [1.82, 2.24) is 0 Å². The van der Waals surface area contributed by atoms with Gasteiger partial charge in [-0.05, 0) is 43.7 Å². The third-order valence-electron chi connectivity index (χ3n) is 5.78. The van der Waals surface area contributed by atoms with Crippen LogP contribution in [0.1, 0.15) is 109 Å². The fourth-order valence-electron chi connectivity index (χ4n) is 3.52. The van der Waals surface area contributed by atoms with E-state index in [4.69, 9.17) is 4.74 Å². The zero-order valence-corrected chi connectivity index (χ0v) is 19.8. The van der Waals surface area contributed by atoms with Crippen molar-refractivity contribution in [2.45, 2.75) is 116 Å². The average Bonchev–Trinajstić information content (AvgIpc) is 2.68. The van der Waals surface area contributed by atoms with Gasteiger partial charge in [-0.15, -0.1) is 0 Å². The van der Waals surface area contributed by atoms with Crippen LogP contribution in [0.15, 0.2) is 18.2 Å². The van der Waals surface area contributed by atoms with Gasteiger partial charge in [0.25, 0.3) is 0 Å². The molecule has 1 atom stereocenters. The average molecular weight is 427 g/mol. The highest BCUT2D eigenvalue weighted by atomic mass is 32.2. The minimum absolute atomic E-state index is 0.187. The van der Waals surface area contributed by atoms with Crippen LogP contribution in [-0.4, -0.2) is 17.9 Å². The molecule has 0 saturated heterocycles.